The molecule has 1 saturated heterocycles. The van der Waals surface area contributed by atoms with E-state index in [1.807, 2.05) is 30.3 Å². The summed E-state index contributed by atoms with van der Waals surface area (Å²) < 4.78 is 3.16. The van der Waals surface area contributed by atoms with E-state index in [2.05, 4.69) is 39.2 Å². The predicted octanol–water partition coefficient (Wildman–Crippen LogP) is 3.76. The van der Waals surface area contributed by atoms with Crippen LogP contribution in [0.5, 0.6) is 0 Å². The van der Waals surface area contributed by atoms with Crippen LogP contribution in [0, 0.1) is 6.92 Å². The molecule has 230 valence electrons. The van der Waals surface area contributed by atoms with Crippen LogP contribution in [0.15, 0.2) is 78.0 Å². The second-order valence-electron chi connectivity index (χ2n) is 11.4. The van der Waals surface area contributed by atoms with E-state index in [4.69, 9.17) is 15.7 Å². The van der Waals surface area contributed by atoms with Crippen LogP contribution in [0.3, 0.4) is 0 Å². The average molecular weight is 605 g/mol. The first kappa shape index (κ1) is 29.7. The van der Waals surface area contributed by atoms with Gasteiger partial charge < -0.3 is 20.9 Å². The zero-order chi connectivity index (χ0) is 31.7. The number of hydrogen-bond acceptors (Lipinski definition) is 9. The third-order valence-electron chi connectivity index (χ3n) is 8.40. The smallest absolute Gasteiger partial charge is 0.284 e. The van der Waals surface area contributed by atoms with Crippen LogP contribution < -0.4 is 21.5 Å². The minimum absolute atomic E-state index is 0.0821. The maximum absolute atomic E-state index is 13.3. The van der Waals surface area contributed by atoms with E-state index in [-0.39, 0.29) is 16.9 Å². The molecule has 1 aliphatic rings. The summed E-state index contributed by atoms with van der Waals surface area (Å²) in [5.74, 6) is 0.599. The first-order valence-corrected chi connectivity index (χ1v) is 14.8. The second kappa shape index (κ2) is 12.3. The number of amides is 1. The van der Waals surface area contributed by atoms with Gasteiger partial charge in [0, 0.05) is 37.4 Å². The molecule has 0 unspecified atom stereocenters. The Kier molecular flexibility index (Phi) is 8.14. The summed E-state index contributed by atoms with van der Waals surface area (Å²) in [7, 11) is 6.00. The van der Waals surface area contributed by atoms with Gasteiger partial charge in [-0.05, 0) is 58.1 Å². The maximum Gasteiger partial charge on any atom is 0.284 e. The number of piperidine rings is 1. The quantitative estimate of drug-likeness (QED) is 0.284. The number of hydrogen-bond donors (Lipinski definition) is 2. The van der Waals surface area contributed by atoms with Crippen LogP contribution in [-0.2, 0) is 7.05 Å². The maximum atomic E-state index is 13.3. The van der Waals surface area contributed by atoms with Crippen molar-refractivity contribution in [3.05, 3.63) is 94.8 Å². The van der Waals surface area contributed by atoms with Gasteiger partial charge in [0.05, 0.1) is 30.0 Å². The zero-order valence-corrected chi connectivity index (χ0v) is 25.8. The minimum atomic E-state index is -0.485. The first-order valence-electron chi connectivity index (χ1n) is 14.8. The number of nitrogens with two attached hydrogens (primary N) is 1. The largest absolute Gasteiger partial charge is 0.382 e. The molecule has 5 aromatic rings. The Bertz CT molecular complexity index is 1890. The molecule has 0 radical (unpaired) electrons. The summed E-state index contributed by atoms with van der Waals surface area (Å²) in [6, 6.07) is 16.9. The fourth-order valence-electron chi connectivity index (χ4n) is 5.71. The predicted molar refractivity (Wildman–Crippen MR) is 176 cm³/mol. The van der Waals surface area contributed by atoms with E-state index in [0.29, 0.717) is 40.2 Å². The van der Waals surface area contributed by atoms with Crippen molar-refractivity contribution >= 4 is 23.2 Å². The fourth-order valence-corrected chi connectivity index (χ4v) is 5.71. The van der Waals surface area contributed by atoms with Crippen molar-refractivity contribution in [2.45, 2.75) is 25.8 Å². The summed E-state index contributed by atoms with van der Waals surface area (Å²) in [4.78, 5) is 49.5. The molecule has 1 fully saturated rings. The number of nitrogens with zero attached hydrogens (tertiary/aromatic N) is 8. The molecule has 0 spiro atoms. The van der Waals surface area contributed by atoms with Crippen LogP contribution in [0.1, 0.15) is 28.9 Å². The van der Waals surface area contributed by atoms with Crippen molar-refractivity contribution in [2.75, 3.05) is 43.1 Å². The Hall–Kier alpha value is -5.36. The average Bonchev–Trinajstić information content (AvgIpc) is 3.29. The van der Waals surface area contributed by atoms with Gasteiger partial charge in [-0.3, -0.25) is 19.3 Å². The highest BCUT2D eigenvalue weighted by Gasteiger charge is 2.24. The van der Waals surface area contributed by atoms with Crippen LogP contribution in [-0.4, -0.2) is 73.3 Å². The van der Waals surface area contributed by atoms with Crippen molar-refractivity contribution < 1.29 is 4.79 Å². The van der Waals surface area contributed by atoms with Gasteiger partial charge in [-0.15, -0.1) is 0 Å². The van der Waals surface area contributed by atoms with E-state index >= 15 is 0 Å². The number of benzene rings is 2. The van der Waals surface area contributed by atoms with Crippen molar-refractivity contribution in [3.63, 3.8) is 0 Å². The Balaban J connectivity index is 1.20. The number of carbonyl (C=O) groups excluding carboxylic acids is 1. The van der Waals surface area contributed by atoms with Gasteiger partial charge in [-0.2, -0.15) is 0 Å². The van der Waals surface area contributed by atoms with Crippen LogP contribution in [0.25, 0.3) is 28.3 Å². The molecule has 1 aliphatic heterocycles. The number of nitrogen functional groups attached to an aromatic ring is 1. The molecule has 3 N–H and O–H groups in total. The van der Waals surface area contributed by atoms with Crippen molar-refractivity contribution in [1.29, 1.82) is 0 Å². The lowest BCUT2D eigenvalue weighted by Crippen LogP contribution is -2.42. The lowest BCUT2D eigenvalue weighted by Gasteiger charge is -2.35. The van der Waals surface area contributed by atoms with Gasteiger partial charge in [0.2, 0.25) is 0 Å². The van der Waals surface area contributed by atoms with E-state index < -0.39 is 5.91 Å². The van der Waals surface area contributed by atoms with Crippen molar-refractivity contribution in [1.82, 2.24) is 34.2 Å². The topological polar surface area (TPSA) is 140 Å². The Labute approximate surface area is 261 Å². The molecule has 1 amide bonds. The molecule has 0 atom stereocenters. The standard InChI is InChI=1S/C33H36N10O2/c1-21-29(33(45)43(41(21)4)25-8-6-5-7-9-25)32(44)37-23-12-10-22(11-13-23)30-31(34)36-19-27(39-30)26-18-35-20-28(38-26)42-16-14-24(15-17-42)40(2)3/h5-13,18-20,24H,14-17H2,1-4H3,(H2,34,36)(H,37,44). The van der Waals surface area contributed by atoms with Gasteiger partial charge >= 0.3 is 0 Å². The SMILES string of the molecule is Cc1c(C(=O)Nc2ccc(-c3nc(-c4cncc(N5CCC(N(C)C)CC5)n4)cnc3N)cc2)c(=O)n(-c2ccccc2)n1C. The van der Waals surface area contributed by atoms with Gasteiger partial charge in [-0.25, -0.2) is 19.6 Å². The van der Waals surface area contributed by atoms with Gasteiger partial charge in [0.1, 0.15) is 34.3 Å². The number of aromatic nitrogens is 6. The Morgan fingerprint density at radius 2 is 1.64 bits per heavy atom. The monoisotopic (exact) mass is 604 g/mol. The molecule has 0 bridgehead atoms. The molecule has 0 aliphatic carbocycles. The molecule has 12 nitrogen and oxygen atoms in total. The van der Waals surface area contributed by atoms with Crippen molar-refractivity contribution in [3.8, 4) is 28.3 Å². The summed E-state index contributed by atoms with van der Waals surface area (Å²) >= 11 is 0. The highest BCUT2D eigenvalue weighted by Crippen LogP contribution is 2.28. The lowest BCUT2D eigenvalue weighted by molar-refractivity contribution is 0.102. The lowest BCUT2D eigenvalue weighted by atomic mass is 10.0. The first-order chi connectivity index (χ1) is 21.7. The summed E-state index contributed by atoms with van der Waals surface area (Å²) in [6.07, 6.45) is 7.20. The molecular weight excluding hydrogens is 568 g/mol. The minimum Gasteiger partial charge on any atom is -0.382 e. The molecule has 45 heavy (non-hydrogen) atoms. The van der Waals surface area contributed by atoms with E-state index in [1.165, 1.54) is 4.68 Å². The second-order valence-corrected chi connectivity index (χ2v) is 11.4. The van der Waals surface area contributed by atoms with Crippen LogP contribution in [0.4, 0.5) is 17.3 Å². The van der Waals surface area contributed by atoms with Gasteiger partial charge in [0.15, 0.2) is 0 Å². The molecular formula is C33H36N10O2. The van der Waals surface area contributed by atoms with Gasteiger partial charge in [-0.1, -0.05) is 30.3 Å². The van der Waals surface area contributed by atoms with Crippen molar-refractivity contribution in [2.24, 2.45) is 7.05 Å². The number of para-hydroxylation sites is 1. The fraction of sp³-hybridized carbons (Fsp3) is 0.273. The molecule has 2 aromatic carbocycles. The molecule has 0 saturated carbocycles. The van der Waals surface area contributed by atoms with Gasteiger partial charge in [0.25, 0.3) is 11.5 Å². The normalized spacial score (nSPS) is 13.8. The number of rotatable bonds is 7. The molecule has 4 heterocycles. The summed E-state index contributed by atoms with van der Waals surface area (Å²) in [5, 5.41) is 2.85. The Morgan fingerprint density at radius 1 is 0.956 bits per heavy atom. The summed E-state index contributed by atoms with van der Waals surface area (Å²) in [5.41, 5.74) is 10.1. The summed E-state index contributed by atoms with van der Waals surface area (Å²) in [6.45, 7) is 3.57. The third-order valence-corrected chi connectivity index (χ3v) is 8.40. The molecule has 3 aromatic heterocycles. The number of nitrogens with one attached hydrogen (secondary N) is 1. The third kappa shape index (κ3) is 5.92. The van der Waals surface area contributed by atoms with Crippen LogP contribution >= 0.6 is 0 Å². The van der Waals surface area contributed by atoms with E-state index in [1.54, 1.807) is 61.5 Å². The zero-order valence-electron chi connectivity index (χ0n) is 25.8. The number of anilines is 3. The highest BCUT2D eigenvalue weighted by molar-refractivity contribution is 6.05. The highest BCUT2D eigenvalue weighted by atomic mass is 16.2. The Morgan fingerprint density at radius 3 is 2.33 bits per heavy atom. The van der Waals surface area contributed by atoms with Crippen LogP contribution in [0.2, 0.25) is 0 Å². The number of carbonyl (C=O) groups is 1. The molecule has 6 rings (SSSR count). The van der Waals surface area contributed by atoms with E-state index in [0.717, 1.165) is 37.3 Å². The van der Waals surface area contributed by atoms with E-state index in [9.17, 15) is 9.59 Å². The molecule has 12 heteroatoms.